The van der Waals surface area contributed by atoms with Crippen LogP contribution in [0.4, 0.5) is 13.2 Å². The zero-order chi connectivity index (χ0) is 17.2. The number of alkyl halides is 3. The van der Waals surface area contributed by atoms with E-state index in [-0.39, 0.29) is 6.04 Å². The van der Waals surface area contributed by atoms with Gasteiger partial charge in [-0.25, -0.2) is 4.98 Å². The molecule has 0 spiro atoms. The predicted octanol–water partition coefficient (Wildman–Crippen LogP) is 3.91. The second-order valence-electron chi connectivity index (χ2n) is 6.02. The van der Waals surface area contributed by atoms with E-state index < -0.39 is 11.7 Å². The predicted molar refractivity (Wildman–Crippen MR) is 85.8 cm³/mol. The normalized spacial score (nSPS) is 18.6. The molecule has 2 heterocycles. The molecular weight excluding hydrogens is 319 g/mol. The first-order valence-electron chi connectivity index (χ1n) is 8.39. The van der Waals surface area contributed by atoms with Crippen molar-refractivity contribution in [3.8, 4) is 0 Å². The Hall–Kier alpha value is -1.60. The Bertz CT molecular complexity index is 690. The summed E-state index contributed by atoms with van der Waals surface area (Å²) in [5, 5.41) is 3.38. The minimum Gasteiger partial charge on any atom is -0.382 e. The zero-order valence-corrected chi connectivity index (χ0v) is 13.7. The van der Waals surface area contributed by atoms with E-state index in [9.17, 15) is 13.2 Å². The second kappa shape index (κ2) is 7.11. The number of aromatic nitrogens is 2. The van der Waals surface area contributed by atoms with E-state index in [1.165, 1.54) is 6.07 Å². The highest BCUT2D eigenvalue weighted by atomic mass is 19.4. The van der Waals surface area contributed by atoms with Crippen LogP contribution in [0, 0.1) is 0 Å². The zero-order valence-electron chi connectivity index (χ0n) is 13.7. The molecule has 1 saturated heterocycles. The van der Waals surface area contributed by atoms with Gasteiger partial charge in [0.05, 0.1) is 22.6 Å². The number of hydrogen-bond acceptors (Lipinski definition) is 3. The lowest BCUT2D eigenvalue weighted by molar-refractivity contribution is -0.137. The SMILES string of the molecule is CCOCCCn1c(C2CCCN2)nc2cc(C(F)(F)F)ccc21. The maximum absolute atomic E-state index is 12.9. The lowest BCUT2D eigenvalue weighted by Gasteiger charge is -2.14. The van der Waals surface area contributed by atoms with E-state index in [2.05, 4.69) is 10.3 Å². The third kappa shape index (κ3) is 3.57. The standard InChI is InChI=1S/C17H22F3N3O/c1-2-24-10-4-9-23-15-7-6-12(17(18,19)20)11-14(15)22-16(23)13-5-3-8-21-13/h6-7,11,13,21H,2-5,8-10H2,1H3. The number of nitrogens with zero attached hydrogens (tertiary/aromatic N) is 2. The third-order valence-corrected chi connectivity index (χ3v) is 4.35. The van der Waals surface area contributed by atoms with Crippen LogP contribution in [0.3, 0.4) is 0 Å². The van der Waals surface area contributed by atoms with E-state index in [0.717, 1.165) is 49.3 Å². The van der Waals surface area contributed by atoms with Gasteiger partial charge >= 0.3 is 6.18 Å². The first-order chi connectivity index (χ1) is 11.5. The molecule has 2 aromatic rings. The number of nitrogens with one attached hydrogen (secondary N) is 1. The van der Waals surface area contributed by atoms with Crippen molar-refractivity contribution in [1.82, 2.24) is 14.9 Å². The molecule has 0 amide bonds. The minimum absolute atomic E-state index is 0.110. The van der Waals surface area contributed by atoms with Gasteiger partial charge in [-0.05, 0) is 50.9 Å². The molecule has 1 aromatic heterocycles. The van der Waals surface area contributed by atoms with Gasteiger partial charge in [0.25, 0.3) is 0 Å². The molecule has 0 saturated carbocycles. The summed E-state index contributed by atoms with van der Waals surface area (Å²) < 4.78 is 46.3. The smallest absolute Gasteiger partial charge is 0.382 e. The Kier molecular flexibility index (Phi) is 5.10. The molecule has 1 N–H and O–H groups in total. The molecule has 7 heteroatoms. The molecule has 1 aliphatic heterocycles. The highest BCUT2D eigenvalue weighted by Crippen LogP contribution is 2.33. The highest BCUT2D eigenvalue weighted by Gasteiger charge is 2.31. The summed E-state index contributed by atoms with van der Waals surface area (Å²) in [4.78, 5) is 4.53. The Morgan fingerprint density at radius 2 is 2.21 bits per heavy atom. The lowest BCUT2D eigenvalue weighted by Crippen LogP contribution is -2.18. The Balaban J connectivity index is 1.95. The summed E-state index contributed by atoms with van der Waals surface area (Å²) in [6.07, 6.45) is -1.53. The highest BCUT2D eigenvalue weighted by molar-refractivity contribution is 5.77. The fraction of sp³-hybridized carbons (Fsp3) is 0.588. The van der Waals surface area contributed by atoms with E-state index >= 15 is 0 Å². The van der Waals surface area contributed by atoms with Crippen molar-refractivity contribution in [1.29, 1.82) is 0 Å². The molecule has 24 heavy (non-hydrogen) atoms. The van der Waals surface area contributed by atoms with E-state index in [1.807, 2.05) is 11.5 Å². The summed E-state index contributed by atoms with van der Waals surface area (Å²) in [6.45, 7) is 4.85. The summed E-state index contributed by atoms with van der Waals surface area (Å²) in [5.74, 6) is 0.832. The summed E-state index contributed by atoms with van der Waals surface area (Å²) in [6, 6.07) is 3.92. The fourth-order valence-electron chi connectivity index (χ4n) is 3.20. The molecular formula is C17H22F3N3O. The van der Waals surface area contributed by atoms with Gasteiger partial charge in [0.15, 0.2) is 0 Å². The number of fused-ring (bicyclic) bond motifs is 1. The molecule has 132 valence electrons. The van der Waals surface area contributed by atoms with Crippen LogP contribution in [0.5, 0.6) is 0 Å². The summed E-state index contributed by atoms with van der Waals surface area (Å²) in [7, 11) is 0. The number of halogens is 3. The number of rotatable bonds is 6. The maximum atomic E-state index is 12.9. The molecule has 1 atom stereocenters. The number of imidazole rings is 1. The van der Waals surface area contributed by atoms with Crippen LogP contribution in [0.25, 0.3) is 11.0 Å². The largest absolute Gasteiger partial charge is 0.416 e. The van der Waals surface area contributed by atoms with Crippen LogP contribution in [0.1, 0.15) is 43.6 Å². The molecule has 1 unspecified atom stereocenters. The topological polar surface area (TPSA) is 39.1 Å². The molecule has 1 aromatic carbocycles. The Morgan fingerprint density at radius 1 is 1.38 bits per heavy atom. The van der Waals surface area contributed by atoms with Crippen LogP contribution in [0.15, 0.2) is 18.2 Å². The first-order valence-corrected chi connectivity index (χ1v) is 8.39. The quantitative estimate of drug-likeness (QED) is 0.810. The van der Waals surface area contributed by atoms with Gasteiger partial charge in [-0.15, -0.1) is 0 Å². The number of hydrogen-bond donors (Lipinski definition) is 1. The molecule has 3 rings (SSSR count). The van der Waals surface area contributed by atoms with Crippen molar-refractivity contribution in [2.75, 3.05) is 19.8 Å². The summed E-state index contributed by atoms with van der Waals surface area (Å²) in [5.41, 5.74) is 0.507. The molecule has 0 radical (unpaired) electrons. The van der Waals surface area contributed by atoms with Crippen molar-refractivity contribution < 1.29 is 17.9 Å². The van der Waals surface area contributed by atoms with Crippen molar-refractivity contribution in [3.63, 3.8) is 0 Å². The van der Waals surface area contributed by atoms with Gasteiger partial charge < -0.3 is 14.6 Å². The first kappa shape index (κ1) is 17.2. The van der Waals surface area contributed by atoms with Gasteiger partial charge in [0.1, 0.15) is 5.82 Å². The third-order valence-electron chi connectivity index (χ3n) is 4.35. The minimum atomic E-state index is -4.35. The van der Waals surface area contributed by atoms with Gasteiger partial charge in [-0.1, -0.05) is 0 Å². The molecule has 0 aliphatic carbocycles. The van der Waals surface area contributed by atoms with Crippen LogP contribution >= 0.6 is 0 Å². The number of aryl methyl sites for hydroxylation is 1. The average Bonchev–Trinajstić information content (AvgIpc) is 3.17. The Morgan fingerprint density at radius 3 is 2.88 bits per heavy atom. The van der Waals surface area contributed by atoms with Gasteiger partial charge in [0.2, 0.25) is 0 Å². The Labute approximate surface area is 139 Å². The monoisotopic (exact) mass is 341 g/mol. The van der Waals surface area contributed by atoms with E-state index in [0.29, 0.717) is 25.3 Å². The fourth-order valence-corrected chi connectivity index (χ4v) is 3.20. The van der Waals surface area contributed by atoms with Crippen molar-refractivity contribution in [2.45, 2.75) is 44.9 Å². The van der Waals surface area contributed by atoms with Crippen LogP contribution in [0.2, 0.25) is 0 Å². The van der Waals surface area contributed by atoms with Crippen LogP contribution in [-0.2, 0) is 17.5 Å². The van der Waals surface area contributed by atoms with Crippen molar-refractivity contribution in [3.05, 3.63) is 29.6 Å². The molecule has 1 aliphatic rings. The average molecular weight is 341 g/mol. The van der Waals surface area contributed by atoms with Gasteiger partial charge in [-0.3, -0.25) is 0 Å². The van der Waals surface area contributed by atoms with Gasteiger partial charge in [0, 0.05) is 19.8 Å². The van der Waals surface area contributed by atoms with Crippen LogP contribution < -0.4 is 5.32 Å². The van der Waals surface area contributed by atoms with E-state index in [4.69, 9.17) is 4.74 Å². The molecule has 0 bridgehead atoms. The summed E-state index contributed by atoms with van der Waals surface area (Å²) >= 11 is 0. The maximum Gasteiger partial charge on any atom is 0.416 e. The molecule has 4 nitrogen and oxygen atoms in total. The van der Waals surface area contributed by atoms with Crippen molar-refractivity contribution in [2.24, 2.45) is 0 Å². The molecule has 1 fully saturated rings. The lowest BCUT2D eigenvalue weighted by atomic mass is 10.2. The van der Waals surface area contributed by atoms with Gasteiger partial charge in [-0.2, -0.15) is 13.2 Å². The van der Waals surface area contributed by atoms with Crippen molar-refractivity contribution >= 4 is 11.0 Å². The van der Waals surface area contributed by atoms with E-state index in [1.54, 1.807) is 0 Å². The van der Waals surface area contributed by atoms with Crippen LogP contribution in [-0.4, -0.2) is 29.3 Å². The number of benzene rings is 1. The second-order valence-corrected chi connectivity index (χ2v) is 6.02. The number of ether oxygens (including phenoxy) is 1.